The molecule has 0 radical (unpaired) electrons. The number of hydrogen-bond acceptors (Lipinski definition) is 3. The van der Waals surface area contributed by atoms with E-state index < -0.39 is 5.97 Å². The van der Waals surface area contributed by atoms with Gasteiger partial charge < -0.3 is 14.6 Å². The molecule has 0 amide bonds. The molecule has 1 aromatic carbocycles. The lowest BCUT2D eigenvalue weighted by molar-refractivity contribution is 0.0145. The van der Waals surface area contributed by atoms with Gasteiger partial charge in [-0.05, 0) is 43.7 Å². The molecule has 4 heteroatoms. The molecule has 1 fully saturated rings. The fourth-order valence-electron chi connectivity index (χ4n) is 2.66. The van der Waals surface area contributed by atoms with E-state index in [1.165, 1.54) is 12.8 Å². The molecule has 1 aliphatic rings. The summed E-state index contributed by atoms with van der Waals surface area (Å²) in [7, 11) is 0. The first-order valence-corrected chi connectivity index (χ1v) is 7.73. The SMILES string of the molecule is CC1CCC(OCCCOc2ccccc2C(=O)O)CC1. The number of carboxylic acid groups (broad SMARTS) is 1. The molecule has 116 valence electrons. The van der Waals surface area contributed by atoms with Gasteiger partial charge in [-0.15, -0.1) is 0 Å². The largest absolute Gasteiger partial charge is 0.493 e. The quantitative estimate of drug-likeness (QED) is 0.778. The molecule has 0 bridgehead atoms. The maximum absolute atomic E-state index is 11.0. The molecule has 0 saturated heterocycles. The molecule has 0 heterocycles. The zero-order valence-corrected chi connectivity index (χ0v) is 12.6. The number of benzene rings is 1. The van der Waals surface area contributed by atoms with E-state index >= 15 is 0 Å². The Kier molecular flexibility index (Phi) is 6.05. The molecule has 0 spiro atoms. The smallest absolute Gasteiger partial charge is 0.339 e. The molecule has 1 aliphatic carbocycles. The second-order valence-corrected chi connectivity index (χ2v) is 5.76. The Bertz CT molecular complexity index is 450. The van der Waals surface area contributed by atoms with E-state index in [-0.39, 0.29) is 5.56 Å². The van der Waals surface area contributed by atoms with Crippen LogP contribution < -0.4 is 4.74 Å². The molecule has 1 aromatic rings. The average Bonchev–Trinajstić information content (AvgIpc) is 2.49. The van der Waals surface area contributed by atoms with Gasteiger partial charge in [0.1, 0.15) is 11.3 Å². The lowest BCUT2D eigenvalue weighted by Gasteiger charge is -2.26. The van der Waals surface area contributed by atoms with Gasteiger partial charge in [-0.2, -0.15) is 0 Å². The highest BCUT2D eigenvalue weighted by atomic mass is 16.5. The Morgan fingerprint density at radius 2 is 1.90 bits per heavy atom. The van der Waals surface area contributed by atoms with E-state index in [1.54, 1.807) is 24.3 Å². The highest BCUT2D eigenvalue weighted by molar-refractivity contribution is 5.90. The summed E-state index contributed by atoms with van der Waals surface area (Å²) in [5.41, 5.74) is 0.208. The number of carbonyl (C=O) groups is 1. The van der Waals surface area contributed by atoms with Crippen LogP contribution >= 0.6 is 0 Å². The predicted octanol–water partition coefficient (Wildman–Crippen LogP) is 3.75. The van der Waals surface area contributed by atoms with Gasteiger partial charge in [-0.25, -0.2) is 4.79 Å². The maximum Gasteiger partial charge on any atom is 0.339 e. The summed E-state index contributed by atoms with van der Waals surface area (Å²) in [5.74, 6) is 0.301. The molecule has 2 rings (SSSR count). The van der Waals surface area contributed by atoms with Crippen molar-refractivity contribution in [2.75, 3.05) is 13.2 Å². The van der Waals surface area contributed by atoms with Crippen LogP contribution in [-0.4, -0.2) is 30.4 Å². The average molecular weight is 292 g/mol. The number of para-hydroxylation sites is 1. The van der Waals surface area contributed by atoms with E-state index in [2.05, 4.69) is 6.92 Å². The van der Waals surface area contributed by atoms with Gasteiger partial charge in [0.2, 0.25) is 0 Å². The van der Waals surface area contributed by atoms with Crippen LogP contribution in [0.25, 0.3) is 0 Å². The number of carboxylic acids is 1. The van der Waals surface area contributed by atoms with Crippen molar-refractivity contribution < 1.29 is 19.4 Å². The summed E-state index contributed by atoms with van der Waals surface area (Å²) in [6.45, 7) is 3.45. The maximum atomic E-state index is 11.0. The van der Waals surface area contributed by atoms with Crippen molar-refractivity contribution in [2.45, 2.75) is 45.1 Å². The van der Waals surface area contributed by atoms with Crippen LogP contribution in [-0.2, 0) is 4.74 Å². The number of aromatic carboxylic acids is 1. The Morgan fingerprint density at radius 3 is 2.62 bits per heavy atom. The van der Waals surface area contributed by atoms with Crippen molar-refractivity contribution in [3.8, 4) is 5.75 Å². The summed E-state index contributed by atoms with van der Waals surface area (Å²) in [6, 6.07) is 6.72. The van der Waals surface area contributed by atoms with E-state index in [0.717, 1.165) is 25.2 Å². The van der Waals surface area contributed by atoms with Crippen molar-refractivity contribution in [3.05, 3.63) is 29.8 Å². The van der Waals surface area contributed by atoms with Crippen molar-refractivity contribution in [2.24, 2.45) is 5.92 Å². The molecule has 21 heavy (non-hydrogen) atoms. The van der Waals surface area contributed by atoms with Gasteiger partial charge in [0, 0.05) is 6.42 Å². The van der Waals surface area contributed by atoms with Gasteiger partial charge in [0.15, 0.2) is 0 Å². The third-order valence-corrected chi connectivity index (χ3v) is 3.98. The zero-order valence-electron chi connectivity index (χ0n) is 12.6. The molecule has 0 aromatic heterocycles. The third kappa shape index (κ3) is 5.05. The Labute approximate surface area is 126 Å². The lowest BCUT2D eigenvalue weighted by Crippen LogP contribution is -2.21. The number of hydrogen-bond donors (Lipinski definition) is 1. The summed E-state index contributed by atoms with van der Waals surface area (Å²) in [5, 5.41) is 9.06. The fraction of sp³-hybridized carbons (Fsp3) is 0.588. The zero-order chi connectivity index (χ0) is 15.1. The van der Waals surface area contributed by atoms with Crippen LogP contribution in [0.2, 0.25) is 0 Å². The minimum atomic E-state index is -0.960. The van der Waals surface area contributed by atoms with Crippen molar-refractivity contribution in [3.63, 3.8) is 0 Å². The topological polar surface area (TPSA) is 55.8 Å². The predicted molar refractivity (Wildman–Crippen MR) is 80.9 cm³/mol. The third-order valence-electron chi connectivity index (χ3n) is 3.98. The highest BCUT2D eigenvalue weighted by Crippen LogP contribution is 2.25. The van der Waals surface area contributed by atoms with Gasteiger partial charge in [0.25, 0.3) is 0 Å². The molecule has 0 atom stereocenters. The summed E-state index contributed by atoms with van der Waals surface area (Å²) < 4.78 is 11.4. The Morgan fingerprint density at radius 1 is 1.19 bits per heavy atom. The van der Waals surface area contributed by atoms with E-state index in [1.807, 2.05) is 0 Å². The summed E-state index contributed by atoms with van der Waals surface area (Å²) >= 11 is 0. The second kappa shape index (κ2) is 8.03. The van der Waals surface area contributed by atoms with E-state index in [4.69, 9.17) is 14.6 Å². The van der Waals surface area contributed by atoms with Crippen molar-refractivity contribution in [1.29, 1.82) is 0 Å². The first-order chi connectivity index (χ1) is 10.2. The normalized spacial score (nSPS) is 22.0. The standard InChI is InChI=1S/C17H24O4/c1-13-7-9-14(10-8-13)20-11-4-12-21-16-6-3-2-5-15(16)17(18)19/h2-3,5-6,13-14H,4,7-12H2,1H3,(H,18,19). The number of rotatable bonds is 7. The van der Waals surface area contributed by atoms with Crippen LogP contribution in [0.3, 0.4) is 0 Å². The Hall–Kier alpha value is -1.55. The van der Waals surface area contributed by atoms with Crippen LogP contribution in [0.5, 0.6) is 5.75 Å². The highest BCUT2D eigenvalue weighted by Gasteiger charge is 2.18. The summed E-state index contributed by atoms with van der Waals surface area (Å²) in [4.78, 5) is 11.0. The molecule has 4 nitrogen and oxygen atoms in total. The molecular weight excluding hydrogens is 268 g/mol. The monoisotopic (exact) mass is 292 g/mol. The second-order valence-electron chi connectivity index (χ2n) is 5.76. The van der Waals surface area contributed by atoms with Gasteiger partial charge >= 0.3 is 5.97 Å². The summed E-state index contributed by atoms with van der Waals surface area (Å²) in [6.07, 6.45) is 6.00. The fourth-order valence-corrected chi connectivity index (χ4v) is 2.66. The van der Waals surface area contributed by atoms with Gasteiger partial charge in [-0.3, -0.25) is 0 Å². The van der Waals surface area contributed by atoms with Crippen molar-refractivity contribution in [1.82, 2.24) is 0 Å². The van der Waals surface area contributed by atoms with Gasteiger partial charge in [0.05, 0.1) is 19.3 Å². The van der Waals surface area contributed by atoms with E-state index in [9.17, 15) is 4.79 Å². The Balaban J connectivity index is 1.65. The number of ether oxygens (including phenoxy) is 2. The van der Waals surface area contributed by atoms with Crippen LogP contribution in [0.4, 0.5) is 0 Å². The van der Waals surface area contributed by atoms with Crippen LogP contribution in [0, 0.1) is 5.92 Å². The van der Waals surface area contributed by atoms with E-state index in [0.29, 0.717) is 25.1 Å². The van der Waals surface area contributed by atoms with Crippen molar-refractivity contribution >= 4 is 5.97 Å². The van der Waals surface area contributed by atoms with Gasteiger partial charge in [-0.1, -0.05) is 19.1 Å². The molecule has 0 aliphatic heterocycles. The first kappa shape index (κ1) is 15.8. The minimum absolute atomic E-state index is 0.208. The molecule has 1 saturated carbocycles. The first-order valence-electron chi connectivity index (χ1n) is 7.73. The minimum Gasteiger partial charge on any atom is -0.493 e. The molecular formula is C17H24O4. The molecule has 0 unspecified atom stereocenters. The lowest BCUT2D eigenvalue weighted by atomic mass is 9.89. The van der Waals surface area contributed by atoms with Crippen LogP contribution in [0.1, 0.15) is 49.4 Å². The van der Waals surface area contributed by atoms with Crippen LogP contribution in [0.15, 0.2) is 24.3 Å². The molecule has 1 N–H and O–H groups in total.